The Morgan fingerprint density at radius 3 is 2.60 bits per heavy atom. The Labute approximate surface area is 249 Å². The van der Waals surface area contributed by atoms with Crippen LogP contribution in [0.15, 0.2) is 42.9 Å². The summed E-state index contributed by atoms with van der Waals surface area (Å²) in [6.45, 7) is 4.73. The Morgan fingerprint density at radius 2 is 1.88 bits per heavy atom. The van der Waals surface area contributed by atoms with Gasteiger partial charge in [-0.15, -0.1) is 0 Å². The minimum absolute atomic E-state index is 0.219. The smallest absolute Gasteiger partial charge is 0.342 e. The number of nitrogens with one attached hydrogen (secondary N) is 2. The largest absolute Gasteiger partial charge is 0.462 e. The van der Waals surface area contributed by atoms with Crippen LogP contribution in [-0.2, 0) is 23.6 Å². The first-order valence-corrected chi connectivity index (χ1v) is 16.3. The third-order valence-corrected chi connectivity index (χ3v) is 9.12. The number of esters is 1. The fourth-order valence-corrected chi connectivity index (χ4v) is 6.92. The molecule has 6 atom stereocenters. The molecule has 1 saturated carbocycles. The van der Waals surface area contributed by atoms with Crippen LogP contribution in [0, 0.1) is 0 Å². The number of fused-ring (bicyclic) bond motifs is 1. The summed E-state index contributed by atoms with van der Waals surface area (Å²) in [7, 11) is -3.81. The van der Waals surface area contributed by atoms with Gasteiger partial charge in [-0.1, -0.05) is 31.0 Å². The normalized spacial score (nSPS) is 24.7. The van der Waals surface area contributed by atoms with E-state index in [-0.39, 0.29) is 12.7 Å². The maximum absolute atomic E-state index is 13.8. The van der Waals surface area contributed by atoms with Crippen molar-refractivity contribution in [1.82, 2.24) is 24.7 Å². The fraction of sp³-hybridized carbons (Fsp3) is 0.571. The maximum atomic E-state index is 13.8. The number of hydrogen-bond acceptors (Lipinski definition) is 12. The molecule has 15 heteroatoms. The highest BCUT2D eigenvalue weighted by Crippen LogP contribution is 2.44. The number of carbonyl (C=O) groups is 1. The molecule has 1 aliphatic carbocycles. The van der Waals surface area contributed by atoms with Crippen LogP contribution in [0.25, 0.3) is 5.65 Å². The molecule has 2 aromatic heterocycles. The predicted octanol–water partition coefficient (Wildman–Crippen LogP) is 2.82. The average molecular weight is 619 g/mol. The van der Waals surface area contributed by atoms with Crippen LogP contribution in [-0.4, -0.2) is 85.2 Å². The zero-order chi connectivity index (χ0) is 30.6. The van der Waals surface area contributed by atoms with Gasteiger partial charge in [0.1, 0.15) is 48.9 Å². The molecule has 1 aliphatic heterocycles. The molecule has 0 bridgehead atoms. The second kappa shape index (κ2) is 13.7. The van der Waals surface area contributed by atoms with E-state index in [9.17, 15) is 19.6 Å². The molecule has 3 aromatic rings. The van der Waals surface area contributed by atoms with Gasteiger partial charge in [0.25, 0.3) is 0 Å². The molecule has 0 amide bonds. The standard InChI is InChI=1S/C28H39N6O8P/c1-17(2)40-28(37)18(3)33-43(38,42-20-11-5-4-6-12-20)16-39-14-22-23(35)24(36)25(41-22)21-13-29-27-26(30-15-31-34(21)27)32-19-9-7-8-10-19/h4-6,11-13,15,17-19,22-25,35-36H,7-10,14,16H2,1-3H3,(H,33,38)(H,30,31,32)/t18-,22+,23+,24+,25-,43?/m0/s1. The first kappa shape index (κ1) is 31.3. The monoisotopic (exact) mass is 618 g/mol. The van der Waals surface area contributed by atoms with Crippen molar-refractivity contribution in [2.24, 2.45) is 0 Å². The Balaban J connectivity index is 1.25. The molecule has 14 nitrogen and oxygen atoms in total. The lowest BCUT2D eigenvalue weighted by atomic mass is 10.1. The number of rotatable bonds is 13. The summed E-state index contributed by atoms with van der Waals surface area (Å²) in [5, 5.41) is 32.1. The number of aliphatic hydroxyl groups excluding tert-OH is 2. The number of nitrogens with zero attached hydrogens (tertiary/aromatic N) is 4. The summed E-state index contributed by atoms with van der Waals surface area (Å²) in [5.41, 5.74) is 0.933. The minimum Gasteiger partial charge on any atom is -0.462 e. The van der Waals surface area contributed by atoms with Crippen molar-refractivity contribution < 1.29 is 38.3 Å². The van der Waals surface area contributed by atoms with Crippen molar-refractivity contribution in [3.8, 4) is 5.75 Å². The zero-order valence-corrected chi connectivity index (χ0v) is 25.3. The highest BCUT2D eigenvalue weighted by Gasteiger charge is 2.45. The fourth-order valence-electron chi connectivity index (χ4n) is 5.24. The van der Waals surface area contributed by atoms with E-state index in [1.807, 2.05) is 0 Å². The number of aromatic nitrogens is 4. The number of anilines is 1. The molecule has 3 heterocycles. The van der Waals surface area contributed by atoms with Crippen molar-refractivity contribution in [3.05, 3.63) is 48.5 Å². The van der Waals surface area contributed by atoms with E-state index in [2.05, 4.69) is 25.5 Å². The number of aliphatic hydroxyl groups is 2. The van der Waals surface area contributed by atoms with E-state index in [1.54, 1.807) is 44.2 Å². The second-order valence-electron chi connectivity index (χ2n) is 11.1. The van der Waals surface area contributed by atoms with Crippen LogP contribution in [0.1, 0.15) is 58.3 Å². The van der Waals surface area contributed by atoms with Crippen molar-refractivity contribution in [2.45, 2.75) is 89.1 Å². The van der Waals surface area contributed by atoms with E-state index in [0.29, 0.717) is 29.0 Å². The number of carbonyl (C=O) groups excluding carboxylic acids is 1. The summed E-state index contributed by atoms with van der Waals surface area (Å²) in [5.74, 6) is 0.315. The van der Waals surface area contributed by atoms with Crippen LogP contribution in [0.2, 0.25) is 0 Å². The average Bonchev–Trinajstić information content (AvgIpc) is 3.70. The Morgan fingerprint density at radius 1 is 1.14 bits per heavy atom. The van der Waals surface area contributed by atoms with Crippen molar-refractivity contribution in [3.63, 3.8) is 0 Å². The highest BCUT2D eigenvalue weighted by molar-refractivity contribution is 7.57. The van der Waals surface area contributed by atoms with Crippen LogP contribution >= 0.6 is 7.52 Å². The van der Waals surface area contributed by atoms with Gasteiger partial charge in [-0.05, 0) is 45.7 Å². The quantitative estimate of drug-likeness (QED) is 0.162. The molecule has 234 valence electrons. The maximum Gasteiger partial charge on any atom is 0.342 e. The van der Waals surface area contributed by atoms with Crippen LogP contribution in [0.5, 0.6) is 5.75 Å². The molecule has 1 aromatic carbocycles. The van der Waals surface area contributed by atoms with E-state index in [4.69, 9.17) is 18.7 Å². The molecular formula is C28H39N6O8P. The Kier molecular flexibility index (Phi) is 9.95. The predicted molar refractivity (Wildman–Crippen MR) is 156 cm³/mol. The summed E-state index contributed by atoms with van der Waals surface area (Å²) >= 11 is 0. The molecule has 5 rings (SSSR count). The number of benzene rings is 1. The number of imidazole rings is 1. The number of ether oxygens (including phenoxy) is 3. The molecule has 0 spiro atoms. The van der Waals surface area contributed by atoms with Crippen molar-refractivity contribution in [1.29, 1.82) is 0 Å². The van der Waals surface area contributed by atoms with Crippen LogP contribution < -0.4 is 14.9 Å². The van der Waals surface area contributed by atoms with Gasteiger partial charge in [0.05, 0.1) is 24.6 Å². The molecular weight excluding hydrogens is 579 g/mol. The molecule has 2 aliphatic rings. The third-order valence-electron chi connectivity index (χ3n) is 7.32. The zero-order valence-electron chi connectivity index (χ0n) is 24.4. The van der Waals surface area contributed by atoms with E-state index in [1.165, 1.54) is 24.0 Å². The van der Waals surface area contributed by atoms with Gasteiger partial charge in [0.15, 0.2) is 11.5 Å². The SMILES string of the molecule is CC(C)OC(=O)[C@H](C)NP(=O)(COC[C@H]1O[C@@H](c2cnc3c(NC4CCCC4)ncnn23)[C@H](O)[C@@H]1O)Oc1ccccc1. The third kappa shape index (κ3) is 7.51. The highest BCUT2D eigenvalue weighted by atomic mass is 31.2. The van der Waals surface area contributed by atoms with Crippen molar-refractivity contribution >= 4 is 25.0 Å². The number of para-hydroxylation sites is 1. The summed E-state index contributed by atoms with van der Waals surface area (Å²) in [4.78, 5) is 21.2. The number of hydrogen-bond donors (Lipinski definition) is 4. The Hall–Kier alpha value is -3.13. The van der Waals surface area contributed by atoms with Crippen LogP contribution in [0.4, 0.5) is 5.82 Å². The molecule has 0 radical (unpaired) electrons. The Bertz CT molecular complexity index is 1420. The second-order valence-corrected chi connectivity index (χ2v) is 13.2. The van der Waals surface area contributed by atoms with E-state index in [0.717, 1.165) is 25.7 Å². The van der Waals surface area contributed by atoms with E-state index >= 15 is 0 Å². The van der Waals surface area contributed by atoms with Gasteiger partial charge in [-0.25, -0.2) is 19.6 Å². The first-order chi connectivity index (χ1) is 20.6. The van der Waals surface area contributed by atoms with Gasteiger partial charge in [0.2, 0.25) is 0 Å². The van der Waals surface area contributed by atoms with E-state index < -0.39 is 50.3 Å². The van der Waals surface area contributed by atoms with Crippen molar-refractivity contribution in [2.75, 3.05) is 18.3 Å². The summed E-state index contributed by atoms with van der Waals surface area (Å²) in [6, 6.07) is 7.85. The minimum atomic E-state index is -3.81. The molecule has 2 fully saturated rings. The van der Waals surface area contributed by atoms with Gasteiger partial charge >= 0.3 is 13.5 Å². The van der Waals surface area contributed by atoms with Gasteiger partial charge in [-0.3, -0.25) is 9.36 Å². The summed E-state index contributed by atoms with van der Waals surface area (Å²) < 4.78 is 38.1. The lowest BCUT2D eigenvalue weighted by Crippen LogP contribution is -2.37. The van der Waals surface area contributed by atoms with Crippen LogP contribution in [0.3, 0.4) is 0 Å². The molecule has 1 saturated heterocycles. The lowest BCUT2D eigenvalue weighted by Gasteiger charge is -2.24. The van der Waals surface area contributed by atoms with Gasteiger partial charge < -0.3 is 34.3 Å². The molecule has 1 unspecified atom stereocenters. The first-order valence-electron chi connectivity index (χ1n) is 14.5. The summed E-state index contributed by atoms with van der Waals surface area (Å²) in [6.07, 6.45) is 2.06. The van der Waals surface area contributed by atoms with Gasteiger partial charge in [0, 0.05) is 6.04 Å². The topological polar surface area (TPSA) is 179 Å². The molecule has 43 heavy (non-hydrogen) atoms. The van der Waals surface area contributed by atoms with Gasteiger partial charge in [-0.2, -0.15) is 5.10 Å². The molecule has 4 N–H and O–H groups in total. The lowest BCUT2D eigenvalue weighted by molar-refractivity contribution is -0.149.